The summed E-state index contributed by atoms with van der Waals surface area (Å²) in [6, 6.07) is 5.35. The molecule has 0 saturated carbocycles. The molecule has 1 amide bonds. The molecule has 0 radical (unpaired) electrons. The molecule has 0 unspecified atom stereocenters. The minimum absolute atomic E-state index is 0.0245. The summed E-state index contributed by atoms with van der Waals surface area (Å²) in [6.07, 6.45) is 3.19. The van der Waals surface area contributed by atoms with Crippen LogP contribution < -0.4 is 10.6 Å². The molecule has 1 atom stereocenters. The van der Waals surface area contributed by atoms with Crippen LogP contribution in [0, 0.1) is 17.9 Å². The number of rotatable bonds is 6. The van der Waals surface area contributed by atoms with Gasteiger partial charge in [0.05, 0.1) is 19.2 Å². The van der Waals surface area contributed by atoms with E-state index in [0.717, 1.165) is 12.8 Å². The maximum atomic E-state index is 12.0. The molecule has 0 aliphatic carbocycles. The highest BCUT2D eigenvalue weighted by Gasteiger charge is 2.27. The highest BCUT2D eigenvalue weighted by Crippen LogP contribution is 2.16. The third kappa shape index (κ3) is 4.18. The first-order valence-electron chi connectivity index (χ1n) is 7.22. The van der Waals surface area contributed by atoms with E-state index in [1.54, 1.807) is 17.0 Å². The molecule has 1 aliphatic rings. The van der Waals surface area contributed by atoms with E-state index in [-0.39, 0.29) is 18.5 Å². The molecule has 22 heavy (non-hydrogen) atoms. The van der Waals surface area contributed by atoms with Gasteiger partial charge in [-0.1, -0.05) is 6.07 Å². The van der Waals surface area contributed by atoms with E-state index in [1.807, 2.05) is 0 Å². The van der Waals surface area contributed by atoms with E-state index < -0.39 is 0 Å². The molecule has 2 heterocycles. The van der Waals surface area contributed by atoms with Gasteiger partial charge < -0.3 is 15.5 Å². The maximum absolute atomic E-state index is 12.0. The van der Waals surface area contributed by atoms with Crippen molar-refractivity contribution in [3.63, 3.8) is 0 Å². The van der Waals surface area contributed by atoms with Crippen LogP contribution in [0.4, 0.5) is 11.5 Å². The third-order valence-corrected chi connectivity index (χ3v) is 3.48. The van der Waals surface area contributed by atoms with Gasteiger partial charge in [0.2, 0.25) is 11.6 Å². The average molecular weight is 298 g/mol. The molecular formula is C15H18N6O. The highest BCUT2D eigenvalue weighted by molar-refractivity contribution is 5.79. The van der Waals surface area contributed by atoms with Crippen LogP contribution in [0.3, 0.4) is 0 Å². The topological polar surface area (TPSA) is 85.4 Å². The van der Waals surface area contributed by atoms with Crippen LogP contribution in [0.25, 0.3) is 4.85 Å². The Balaban J connectivity index is 1.64. The Morgan fingerprint density at radius 3 is 3.09 bits per heavy atom. The van der Waals surface area contributed by atoms with Crippen LogP contribution in [0.2, 0.25) is 0 Å². The lowest BCUT2D eigenvalue weighted by Crippen LogP contribution is -2.41. The number of hydrogen-bond acceptors (Lipinski definition) is 5. The van der Waals surface area contributed by atoms with Crippen molar-refractivity contribution < 1.29 is 4.79 Å². The van der Waals surface area contributed by atoms with Gasteiger partial charge >= 0.3 is 0 Å². The molecule has 1 fully saturated rings. The molecule has 2 rings (SSSR count). The van der Waals surface area contributed by atoms with Crippen LogP contribution in [-0.2, 0) is 4.79 Å². The Bertz CT molecular complexity index is 586. The Hall–Kier alpha value is -2.64. The second-order valence-corrected chi connectivity index (χ2v) is 4.99. The number of nitriles is 1. The van der Waals surface area contributed by atoms with E-state index >= 15 is 0 Å². The van der Waals surface area contributed by atoms with Crippen LogP contribution in [0.5, 0.6) is 0 Å². The number of pyridine rings is 1. The van der Waals surface area contributed by atoms with Crippen molar-refractivity contribution >= 4 is 17.4 Å². The molecule has 1 saturated heterocycles. The van der Waals surface area contributed by atoms with E-state index in [2.05, 4.69) is 26.5 Å². The molecule has 0 spiro atoms. The summed E-state index contributed by atoms with van der Waals surface area (Å²) in [6.45, 7) is 9.00. The van der Waals surface area contributed by atoms with Crippen LogP contribution in [0.15, 0.2) is 18.3 Å². The number of nitrogens with one attached hydrogen (secondary N) is 2. The summed E-state index contributed by atoms with van der Waals surface area (Å²) in [5.41, 5.74) is 0.506. The normalized spacial score (nSPS) is 16.8. The monoisotopic (exact) mass is 298 g/mol. The molecule has 0 aromatic carbocycles. The largest absolute Gasteiger partial charge is 0.369 e. The summed E-state index contributed by atoms with van der Waals surface area (Å²) in [5, 5.41) is 15.1. The van der Waals surface area contributed by atoms with Crippen molar-refractivity contribution in [2.45, 2.75) is 18.9 Å². The van der Waals surface area contributed by atoms with E-state index in [1.165, 1.54) is 6.20 Å². The van der Waals surface area contributed by atoms with Gasteiger partial charge in [-0.25, -0.2) is 4.85 Å². The number of amides is 1. The first-order valence-corrected chi connectivity index (χ1v) is 7.22. The summed E-state index contributed by atoms with van der Waals surface area (Å²) in [7, 11) is 0. The quantitative estimate of drug-likeness (QED) is 0.608. The Labute approximate surface area is 129 Å². The summed E-state index contributed by atoms with van der Waals surface area (Å²) < 4.78 is 0. The minimum Gasteiger partial charge on any atom is -0.369 e. The molecule has 1 aliphatic heterocycles. The smallest absolute Gasteiger partial charge is 0.237 e. The fourth-order valence-corrected chi connectivity index (χ4v) is 2.33. The van der Waals surface area contributed by atoms with Gasteiger partial charge in [0.15, 0.2) is 0 Å². The van der Waals surface area contributed by atoms with Crippen LogP contribution in [-0.4, -0.2) is 48.0 Å². The zero-order valence-corrected chi connectivity index (χ0v) is 12.2. The lowest BCUT2D eigenvalue weighted by atomic mass is 10.2. The molecular weight excluding hydrogens is 280 g/mol. The van der Waals surface area contributed by atoms with Gasteiger partial charge in [-0.3, -0.25) is 9.78 Å². The van der Waals surface area contributed by atoms with Gasteiger partial charge in [-0.15, -0.1) is 0 Å². The zero-order chi connectivity index (χ0) is 15.8. The Morgan fingerprint density at radius 1 is 1.55 bits per heavy atom. The Morgan fingerprint density at radius 2 is 2.41 bits per heavy atom. The van der Waals surface area contributed by atoms with Gasteiger partial charge in [-0.2, -0.15) is 5.26 Å². The highest BCUT2D eigenvalue weighted by atomic mass is 16.2. The molecule has 0 bridgehead atoms. The number of hydrogen-bond donors (Lipinski definition) is 2. The standard InChI is InChI=1S/C15H18N6O/c1-17-12-4-5-14(20-10-12)19-7-6-18-11-15(22)21-8-2-3-13(21)9-16/h4-5,10,13,18H,2-3,6-8,11H2,(H,19,20)/t13-/m0/s1. The number of carbonyl (C=O) groups excluding carboxylic acids is 1. The van der Waals surface area contributed by atoms with Gasteiger partial charge in [0, 0.05) is 25.8 Å². The third-order valence-electron chi connectivity index (χ3n) is 3.48. The number of carbonyl (C=O) groups is 1. The first kappa shape index (κ1) is 15.7. The maximum Gasteiger partial charge on any atom is 0.237 e. The predicted octanol–water partition coefficient (Wildman–Crippen LogP) is 1.15. The molecule has 7 nitrogen and oxygen atoms in total. The lowest BCUT2D eigenvalue weighted by molar-refractivity contribution is -0.130. The van der Waals surface area contributed by atoms with Crippen molar-refractivity contribution in [3.8, 4) is 6.07 Å². The molecule has 7 heteroatoms. The van der Waals surface area contributed by atoms with Crippen LogP contribution >= 0.6 is 0 Å². The summed E-state index contributed by atoms with van der Waals surface area (Å²) in [4.78, 5) is 21.0. The number of nitrogens with zero attached hydrogens (tertiary/aromatic N) is 4. The SMILES string of the molecule is [C-]#[N+]c1ccc(NCCNCC(=O)N2CCC[C@H]2C#N)nc1. The summed E-state index contributed by atoms with van der Waals surface area (Å²) in [5.74, 6) is 0.674. The fourth-order valence-electron chi connectivity index (χ4n) is 2.33. The Kier molecular flexibility index (Phi) is 5.70. The van der Waals surface area contributed by atoms with Crippen molar-refractivity contribution in [1.29, 1.82) is 5.26 Å². The van der Waals surface area contributed by atoms with Gasteiger partial charge in [-0.05, 0) is 18.9 Å². The summed E-state index contributed by atoms with van der Waals surface area (Å²) >= 11 is 0. The zero-order valence-electron chi connectivity index (χ0n) is 12.2. The number of anilines is 1. The predicted molar refractivity (Wildman–Crippen MR) is 82.2 cm³/mol. The molecule has 1 aromatic rings. The van der Waals surface area contributed by atoms with E-state index in [4.69, 9.17) is 11.8 Å². The second kappa shape index (κ2) is 7.96. The van der Waals surface area contributed by atoms with Crippen molar-refractivity contribution in [2.24, 2.45) is 0 Å². The molecule has 114 valence electrons. The molecule has 1 aromatic heterocycles. The second-order valence-electron chi connectivity index (χ2n) is 4.99. The van der Waals surface area contributed by atoms with E-state index in [0.29, 0.717) is 31.1 Å². The fraction of sp³-hybridized carbons (Fsp3) is 0.467. The van der Waals surface area contributed by atoms with Crippen molar-refractivity contribution in [1.82, 2.24) is 15.2 Å². The first-order chi connectivity index (χ1) is 10.7. The van der Waals surface area contributed by atoms with E-state index in [9.17, 15) is 4.79 Å². The van der Waals surface area contributed by atoms with Crippen LogP contribution in [0.1, 0.15) is 12.8 Å². The van der Waals surface area contributed by atoms with Crippen molar-refractivity contribution in [2.75, 3.05) is 31.5 Å². The molecule has 2 N–H and O–H groups in total. The minimum atomic E-state index is -0.266. The lowest BCUT2D eigenvalue weighted by Gasteiger charge is -2.19. The number of aromatic nitrogens is 1. The van der Waals surface area contributed by atoms with Gasteiger partial charge in [0.1, 0.15) is 11.9 Å². The average Bonchev–Trinajstić information content (AvgIpc) is 3.03. The van der Waals surface area contributed by atoms with Gasteiger partial charge in [0.25, 0.3) is 0 Å². The van der Waals surface area contributed by atoms with Crippen molar-refractivity contribution in [3.05, 3.63) is 29.7 Å². The number of likely N-dealkylation sites (tertiary alicyclic amines) is 1.